The molecule has 1 aromatic carbocycles. The quantitative estimate of drug-likeness (QED) is 0.630. The van der Waals surface area contributed by atoms with E-state index in [2.05, 4.69) is 5.32 Å². The molecule has 1 aromatic heterocycles. The van der Waals surface area contributed by atoms with Gasteiger partial charge in [-0.05, 0) is 43.0 Å². The van der Waals surface area contributed by atoms with Crippen LogP contribution in [0.3, 0.4) is 0 Å². The highest BCUT2D eigenvalue weighted by atomic mass is 32.2. The van der Waals surface area contributed by atoms with Crippen LogP contribution in [0.4, 0.5) is 5.69 Å². The van der Waals surface area contributed by atoms with Gasteiger partial charge in [-0.15, -0.1) is 11.3 Å². The van der Waals surface area contributed by atoms with E-state index in [0.717, 1.165) is 21.7 Å². The number of benzene rings is 1. The monoisotopic (exact) mass is 388 g/mol. The average molecular weight is 389 g/mol. The molecule has 0 atom stereocenters. The molecule has 0 spiro atoms. The van der Waals surface area contributed by atoms with Gasteiger partial charge in [0.2, 0.25) is 5.91 Å². The number of nitrogens with zero attached hydrogens (tertiary/aromatic N) is 1. The maximum absolute atomic E-state index is 12.5. The summed E-state index contributed by atoms with van der Waals surface area (Å²) >= 11 is 8.05. The van der Waals surface area contributed by atoms with Gasteiger partial charge >= 0.3 is 0 Å². The molecule has 1 saturated heterocycles. The lowest BCUT2D eigenvalue weighted by Crippen LogP contribution is -2.36. The van der Waals surface area contributed by atoms with Crippen LogP contribution in [0.2, 0.25) is 0 Å². The Morgan fingerprint density at radius 1 is 1.32 bits per heavy atom. The standard InChI is InChI=1S/C18H16N2O2S3/c1-11-5-6-14(12(2)8-11)19-16(21)10-20-17(22)15(25-18(20)23)9-13-4-3-7-24-13/h3-9H,10H2,1-2H3,(H,19,21)/b15-9-. The molecule has 3 rings (SSSR count). The van der Waals surface area contributed by atoms with E-state index in [1.54, 1.807) is 11.3 Å². The Morgan fingerprint density at radius 2 is 2.12 bits per heavy atom. The van der Waals surface area contributed by atoms with Crippen molar-refractivity contribution in [3.8, 4) is 0 Å². The average Bonchev–Trinajstić information content (AvgIpc) is 3.15. The van der Waals surface area contributed by atoms with Crippen molar-refractivity contribution in [2.45, 2.75) is 13.8 Å². The van der Waals surface area contributed by atoms with Gasteiger partial charge in [0, 0.05) is 10.6 Å². The van der Waals surface area contributed by atoms with Crippen molar-refractivity contribution >= 4 is 63.2 Å². The Bertz CT molecular complexity index is 872. The number of carbonyl (C=O) groups excluding carboxylic acids is 2. The lowest BCUT2D eigenvalue weighted by molar-refractivity contribution is -0.126. The highest BCUT2D eigenvalue weighted by Crippen LogP contribution is 2.33. The molecular weight excluding hydrogens is 372 g/mol. The van der Waals surface area contributed by atoms with E-state index in [1.165, 1.54) is 16.7 Å². The lowest BCUT2D eigenvalue weighted by atomic mass is 10.1. The molecule has 4 nitrogen and oxygen atoms in total. The molecule has 2 aromatic rings. The van der Waals surface area contributed by atoms with Crippen LogP contribution >= 0.6 is 35.3 Å². The zero-order chi connectivity index (χ0) is 18.0. The number of thiophene rings is 1. The second kappa shape index (κ2) is 7.51. The van der Waals surface area contributed by atoms with Crippen molar-refractivity contribution in [1.82, 2.24) is 4.90 Å². The molecule has 128 valence electrons. The first-order valence-corrected chi connectivity index (χ1v) is 9.70. The van der Waals surface area contributed by atoms with Crippen LogP contribution < -0.4 is 5.32 Å². The predicted molar refractivity (Wildman–Crippen MR) is 109 cm³/mol. The van der Waals surface area contributed by atoms with E-state index in [9.17, 15) is 9.59 Å². The minimum Gasteiger partial charge on any atom is -0.324 e. The number of thioether (sulfide) groups is 1. The van der Waals surface area contributed by atoms with Gasteiger partial charge in [0.15, 0.2) is 0 Å². The Hall–Kier alpha value is -1.96. The Kier molecular flexibility index (Phi) is 5.36. The number of carbonyl (C=O) groups is 2. The molecule has 7 heteroatoms. The van der Waals surface area contributed by atoms with Crippen LogP contribution in [0.1, 0.15) is 16.0 Å². The summed E-state index contributed by atoms with van der Waals surface area (Å²) in [5.41, 5.74) is 2.86. The zero-order valence-electron chi connectivity index (χ0n) is 13.7. The maximum Gasteiger partial charge on any atom is 0.266 e. The molecule has 1 fully saturated rings. The van der Waals surface area contributed by atoms with Crippen LogP contribution in [0.15, 0.2) is 40.6 Å². The van der Waals surface area contributed by atoms with Gasteiger partial charge in [0.1, 0.15) is 10.9 Å². The maximum atomic E-state index is 12.5. The summed E-state index contributed by atoms with van der Waals surface area (Å²) < 4.78 is 0.406. The molecule has 25 heavy (non-hydrogen) atoms. The van der Waals surface area contributed by atoms with Gasteiger partial charge in [0.25, 0.3) is 5.91 Å². The summed E-state index contributed by atoms with van der Waals surface area (Å²) in [7, 11) is 0. The number of aryl methyl sites for hydroxylation is 2. The van der Waals surface area contributed by atoms with Crippen molar-refractivity contribution in [3.05, 3.63) is 56.6 Å². The summed E-state index contributed by atoms with van der Waals surface area (Å²) in [5.74, 6) is -0.486. The number of hydrogen-bond acceptors (Lipinski definition) is 5. The Labute approximate surface area is 159 Å². The Morgan fingerprint density at radius 3 is 2.80 bits per heavy atom. The second-order valence-electron chi connectivity index (χ2n) is 5.65. The van der Waals surface area contributed by atoms with E-state index in [1.807, 2.05) is 55.6 Å². The molecular formula is C18H16N2O2S3. The van der Waals surface area contributed by atoms with Gasteiger partial charge in [0.05, 0.1) is 4.91 Å². The first-order valence-electron chi connectivity index (χ1n) is 7.60. The van der Waals surface area contributed by atoms with Crippen LogP contribution in [-0.2, 0) is 9.59 Å². The largest absolute Gasteiger partial charge is 0.324 e. The SMILES string of the molecule is Cc1ccc(NC(=O)CN2C(=O)/C(=C/c3cccs3)SC2=S)c(C)c1. The normalized spacial score (nSPS) is 15.9. The zero-order valence-corrected chi connectivity index (χ0v) is 16.2. The van der Waals surface area contributed by atoms with Crippen molar-refractivity contribution in [3.63, 3.8) is 0 Å². The summed E-state index contributed by atoms with van der Waals surface area (Å²) in [6.45, 7) is 3.85. The van der Waals surface area contributed by atoms with Gasteiger partial charge in [-0.1, -0.05) is 47.7 Å². The fraction of sp³-hybridized carbons (Fsp3) is 0.167. The highest BCUT2D eigenvalue weighted by molar-refractivity contribution is 8.26. The van der Waals surface area contributed by atoms with Crippen LogP contribution in [0, 0.1) is 13.8 Å². The Balaban J connectivity index is 1.69. The van der Waals surface area contributed by atoms with Gasteiger partial charge in [-0.2, -0.15) is 0 Å². The van der Waals surface area contributed by atoms with Crippen molar-refractivity contribution in [2.75, 3.05) is 11.9 Å². The van der Waals surface area contributed by atoms with E-state index >= 15 is 0 Å². The number of rotatable bonds is 4. The van der Waals surface area contributed by atoms with Crippen molar-refractivity contribution in [2.24, 2.45) is 0 Å². The molecule has 2 amide bonds. The molecule has 0 radical (unpaired) electrons. The summed E-state index contributed by atoms with van der Waals surface area (Å²) in [6.07, 6.45) is 1.81. The number of amides is 2. The minimum absolute atomic E-state index is 0.0836. The second-order valence-corrected chi connectivity index (χ2v) is 8.30. The first kappa shape index (κ1) is 17.8. The van der Waals surface area contributed by atoms with Crippen LogP contribution in [-0.4, -0.2) is 27.6 Å². The molecule has 0 bridgehead atoms. The topological polar surface area (TPSA) is 49.4 Å². The smallest absolute Gasteiger partial charge is 0.266 e. The van der Waals surface area contributed by atoms with E-state index in [4.69, 9.17) is 12.2 Å². The van der Waals surface area contributed by atoms with Gasteiger partial charge in [-0.25, -0.2) is 0 Å². The lowest BCUT2D eigenvalue weighted by Gasteiger charge is -2.15. The minimum atomic E-state index is -0.263. The third-order valence-electron chi connectivity index (χ3n) is 3.65. The molecule has 0 aliphatic carbocycles. The van der Waals surface area contributed by atoms with Crippen LogP contribution in [0.5, 0.6) is 0 Å². The number of nitrogens with one attached hydrogen (secondary N) is 1. The fourth-order valence-corrected chi connectivity index (χ4v) is 4.40. The third kappa shape index (κ3) is 4.18. The van der Waals surface area contributed by atoms with Crippen molar-refractivity contribution < 1.29 is 9.59 Å². The van der Waals surface area contributed by atoms with Crippen LogP contribution in [0.25, 0.3) is 6.08 Å². The van der Waals surface area contributed by atoms with E-state index < -0.39 is 0 Å². The molecule has 2 heterocycles. The fourth-order valence-electron chi connectivity index (χ4n) is 2.43. The van der Waals surface area contributed by atoms with Gasteiger partial charge in [-0.3, -0.25) is 14.5 Å². The van der Waals surface area contributed by atoms with Gasteiger partial charge < -0.3 is 5.32 Å². The number of hydrogen-bond donors (Lipinski definition) is 1. The first-order chi connectivity index (χ1) is 11.9. The van der Waals surface area contributed by atoms with E-state index in [-0.39, 0.29) is 18.4 Å². The van der Waals surface area contributed by atoms with Crippen molar-refractivity contribution in [1.29, 1.82) is 0 Å². The summed E-state index contributed by atoms with van der Waals surface area (Å²) in [5, 5.41) is 4.80. The molecule has 1 N–H and O–H groups in total. The summed E-state index contributed by atoms with van der Waals surface area (Å²) in [6, 6.07) is 9.66. The molecule has 0 saturated carbocycles. The predicted octanol–water partition coefficient (Wildman–Crippen LogP) is 4.20. The molecule has 0 unspecified atom stereocenters. The molecule has 1 aliphatic heterocycles. The van der Waals surface area contributed by atoms with E-state index in [0.29, 0.717) is 9.23 Å². The number of anilines is 1. The number of thiocarbonyl (C=S) groups is 1. The highest BCUT2D eigenvalue weighted by Gasteiger charge is 2.33. The summed E-state index contributed by atoms with van der Waals surface area (Å²) in [4.78, 5) is 27.7. The molecule has 1 aliphatic rings. The third-order valence-corrected chi connectivity index (χ3v) is 5.84.